The Morgan fingerprint density at radius 3 is 2.59 bits per heavy atom. The van der Waals surface area contributed by atoms with Gasteiger partial charge in [-0.2, -0.15) is 11.8 Å². The Labute approximate surface area is 141 Å². The van der Waals surface area contributed by atoms with E-state index in [9.17, 15) is 4.79 Å². The molecule has 4 heteroatoms. The molecule has 22 heavy (non-hydrogen) atoms. The molecular weight excluding hydrogens is 314 g/mol. The van der Waals surface area contributed by atoms with Crippen LogP contribution in [-0.4, -0.2) is 18.2 Å². The van der Waals surface area contributed by atoms with Gasteiger partial charge in [-0.15, -0.1) is 0 Å². The molecule has 0 aliphatic rings. The molecule has 0 aliphatic heterocycles. The molecule has 0 fully saturated rings. The fourth-order valence-electron chi connectivity index (χ4n) is 2.08. The first kappa shape index (κ1) is 16.9. The molecule has 0 spiro atoms. The second-order valence-corrected chi connectivity index (χ2v) is 6.79. The topological polar surface area (TPSA) is 29.1 Å². The van der Waals surface area contributed by atoms with Crippen LogP contribution >= 0.6 is 23.4 Å². The third-order valence-electron chi connectivity index (χ3n) is 3.35. The van der Waals surface area contributed by atoms with Crippen molar-refractivity contribution in [2.45, 2.75) is 19.6 Å². The van der Waals surface area contributed by atoms with Gasteiger partial charge in [0.2, 0.25) is 0 Å². The minimum atomic E-state index is 0.00768. The third kappa shape index (κ3) is 5.08. The van der Waals surface area contributed by atoms with Crippen LogP contribution in [0.3, 0.4) is 0 Å². The first-order valence-electron chi connectivity index (χ1n) is 7.24. The summed E-state index contributed by atoms with van der Waals surface area (Å²) >= 11 is 7.66. The smallest absolute Gasteiger partial charge is 0.251 e. The van der Waals surface area contributed by atoms with Crippen LogP contribution in [0, 0.1) is 13.8 Å². The van der Waals surface area contributed by atoms with E-state index in [0.29, 0.717) is 6.54 Å². The van der Waals surface area contributed by atoms with Gasteiger partial charge in [-0.1, -0.05) is 41.4 Å². The highest BCUT2D eigenvalue weighted by Gasteiger charge is 2.08. The molecular formula is C18H20ClNOS. The van der Waals surface area contributed by atoms with Gasteiger partial charge in [0.1, 0.15) is 0 Å². The van der Waals surface area contributed by atoms with Crippen LogP contribution in [0.25, 0.3) is 0 Å². The van der Waals surface area contributed by atoms with Crippen molar-refractivity contribution in [1.29, 1.82) is 0 Å². The highest BCUT2D eigenvalue weighted by Crippen LogP contribution is 2.15. The van der Waals surface area contributed by atoms with Crippen molar-refractivity contribution in [3.05, 3.63) is 69.7 Å². The van der Waals surface area contributed by atoms with Gasteiger partial charge in [0.05, 0.1) is 0 Å². The SMILES string of the molecule is Cc1ccc(C)c(C(=O)NCCSCc2ccc(Cl)cc2)c1. The molecule has 1 N–H and O–H groups in total. The van der Waals surface area contributed by atoms with E-state index in [4.69, 9.17) is 11.6 Å². The summed E-state index contributed by atoms with van der Waals surface area (Å²) in [5.41, 5.74) is 4.13. The minimum absolute atomic E-state index is 0.00768. The summed E-state index contributed by atoms with van der Waals surface area (Å²) < 4.78 is 0. The lowest BCUT2D eigenvalue weighted by molar-refractivity contribution is 0.0955. The third-order valence-corrected chi connectivity index (χ3v) is 4.63. The Morgan fingerprint density at radius 2 is 1.86 bits per heavy atom. The Balaban J connectivity index is 1.73. The van der Waals surface area contributed by atoms with Gasteiger partial charge in [0.25, 0.3) is 5.91 Å². The van der Waals surface area contributed by atoms with Crippen molar-refractivity contribution < 1.29 is 4.79 Å². The van der Waals surface area contributed by atoms with Gasteiger partial charge < -0.3 is 5.32 Å². The Morgan fingerprint density at radius 1 is 1.14 bits per heavy atom. The number of rotatable bonds is 6. The van der Waals surface area contributed by atoms with E-state index >= 15 is 0 Å². The van der Waals surface area contributed by atoms with E-state index in [1.807, 2.05) is 56.3 Å². The van der Waals surface area contributed by atoms with Gasteiger partial charge in [-0.25, -0.2) is 0 Å². The van der Waals surface area contributed by atoms with Crippen LogP contribution in [0.2, 0.25) is 5.02 Å². The van der Waals surface area contributed by atoms with Crippen LogP contribution in [0.15, 0.2) is 42.5 Å². The van der Waals surface area contributed by atoms with Crippen molar-refractivity contribution in [2.24, 2.45) is 0 Å². The van der Waals surface area contributed by atoms with Gasteiger partial charge in [-0.3, -0.25) is 4.79 Å². The van der Waals surface area contributed by atoms with E-state index in [-0.39, 0.29) is 5.91 Å². The Hall–Kier alpha value is -1.45. The monoisotopic (exact) mass is 333 g/mol. The summed E-state index contributed by atoms with van der Waals surface area (Å²) in [6.07, 6.45) is 0. The number of nitrogens with one attached hydrogen (secondary N) is 1. The number of aryl methyl sites for hydroxylation is 2. The summed E-state index contributed by atoms with van der Waals surface area (Å²) in [4.78, 5) is 12.2. The Kier molecular flexibility index (Phi) is 6.34. The first-order valence-corrected chi connectivity index (χ1v) is 8.77. The minimum Gasteiger partial charge on any atom is -0.351 e. The van der Waals surface area contributed by atoms with Gasteiger partial charge in [0, 0.05) is 28.6 Å². The van der Waals surface area contributed by atoms with E-state index < -0.39 is 0 Å². The van der Waals surface area contributed by atoms with Crippen molar-refractivity contribution in [1.82, 2.24) is 5.32 Å². The number of halogens is 1. The van der Waals surface area contributed by atoms with Crippen LogP contribution in [0.1, 0.15) is 27.0 Å². The van der Waals surface area contributed by atoms with Crippen LogP contribution < -0.4 is 5.32 Å². The number of carbonyl (C=O) groups is 1. The quantitative estimate of drug-likeness (QED) is 0.781. The van der Waals surface area contributed by atoms with Crippen molar-refractivity contribution in [3.63, 3.8) is 0 Å². The lowest BCUT2D eigenvalue weighted by atomic mass is 10.1. The number of hydrogen-bond donors (Lipinski definition) is 1. The molecule has 0 radical (unpaired) electrons. The van der Waals surface area contributed by atoms with Crippen LogP contribution in [0.5, 0.6) is 0 Å². The molecule has 1 amide bonds. The summed E-state index contributed by atoms with van der Waals surface area (Å²) in [6.45, 7) is 4.63. The number of benzene rings is 2. The summed E-state index contributed by atoms with van der Waals surface area (Å²) in [6, 6.07) is 13.8. The average molecular weight is 334 g/mol. The molecule has 0 saturated heterocycles. The predicted octanol–water partition coefficient (Wildman–Crippen LogP) is 4.62. The molecule has 2 aromatic carbocycles. The van der Waals surface area contributed by atoms with Gasteiger partial charge >= 0.3 is 0 Å². The molecule has 0 unspecified atom stereocenters. The molecule has 0 aromatic heterocycles. The highest BCUT2D eigenvalue weighted by molar-refractivity contribution is 7.98. The zero-order valence-electron chi connectivity index (χ0n) is 12.9. The maximum atomic E-state index is 12.2. The largest absolute Gasteiger partial charge is 0.351 e. The van der Waals surface area contributed by atoms with Crippen LogP contribution in [0.4, 0.5) is 0 Å². The molecule has 0 aliphatic carbocycles. The zero-order chi connectivity index (χ0) is 15.9. The van der Waals surface area contributed by atoms with E-state index in [1.54, 1.807) is 11.8 Å². The lowest BCUT2D eigenvalue weighted by Gasteiger charge is -2.08. The van der Waals surface area contributed by atoms with Crippen molar-refractivity contribution in [2.75, 3.05) is 12.3 Å². The summed E-state index contributed by atoms with van der Waals surface area (Å²) in [7, 11) is 0. The fourth-order valence-corrected chi connectivity index (χ4v) is 3.03. The molecule has 0 heterocycles. The first-order chi connectivity index (χ1) is 10.6. The summed E-state index contributed by atoms with van der Waals surface area (Å²) in [5.74, 6) is 1.82. The maximum Gasteiger partial charge on any atom is 0.251 e. The molecule has 0 bridgehead atoms. The number of thioether (sulfide) groups is 1. The van der Waals surface area contributed by atoms with E-state index in [1.165, 1.54) is 5.56 Å². The molecule has 116 valence electrons. The standard InChI is InChI=1S/C18H20ClNOS/c1-13-3-4-14(2)17(11-13)18(21)20-9-10-22-12-15-5-7-16(19)8-6-15/h3-8,11H,9-10,12H2,1-2H3,(H,20,21). The Bertz CT molecular complexity index is 640. The van der Waals surface area contributed by atoms with Gasteiger partial charge in [-0.05, 0) is 43.2 Å². The second-order valence-electron chi connectivity index (χ2n) is 5.25. The predicted molar refractivity (Wildman–Crippen MR) is 95.9 cm³/mol. The molecule has 2 aromatic rings. The van der Waals surface area contributed by atoms with Crippen molar-refractivity contribution in [3.8, 4) is 0 Å². The highest BCUT2D eigenvalue weighted by atomic mass is 35.5. The van der Waals surface area contributed by atoms with Crippen molar-refractivity contribution >= 4 is 29.3 Å². The fraction of sp³-hybridized carbons (Fsp3) is 0.278. The van der Waals surface area contributed by atoms with E-state index in [2.05, 4.69) is 5.32 Å². The normalized spacial score (nSPS) is 10.5. The number of amides is 1. The molecule has 0 atom stereocenters. The second kappa shape index (κ2) is 8.25. The number of carbonyl (C=O) groups excluding carboxylic acids is 1. The summed E-state index contributed by atoms with van der Waals surface area (Å²) in [5, 5.41) is 3.74. The van der Waals surface area contributed by atoms with Crippen LogP contribution in [-0.2, 0) is 5.75 Å². The molecule has 2 rings (SSSR count). The lowest BCUT2D eigenvalue weighted by Crippen LogP contribution is -2.26. The molecule has 0 saturated carbocycles. The molecule has 2 nitrogen and oxygen atoms in total. The van der Waals surface area contributed by atoms with E-state index in [0.717, 1.165) is 33.2 Å². The maximum absolute atomic E-state index is 12.2. The zero-order valence-corrected chi connectivity index (χ0v) is 14.4. The average Bonchev–Trinajstić information content (AvgIpc) is 2.51. The van der Waals surface area contributed by atoms with Gasteiger partial charge in [0.15, 0.2) is 0 Å². The number of hydrogen-bond acceptors (Lipinski definition) is 2.